The number of nitrogens with one attached hydrogen (secondary N) is 1. The Bertz CT molecular complexity index is 253. The summed E-state index contributed by atoms with van der Waals surface area (Å²) in [5.41, 5.74) is 1.40. The molecule has 0 saturated carbocycles. The molecule has 1 aromatic carbocycles. The number of hydrogen-bond acceptors (Lipinski definition) is 2. The van der Waals surface area contributed by atoms with Gasteiger partial charge in [-0.15, -0.1) is 12.4 Å². The molecule has 0 amide bonds. The number of rotatable bonds is 7. The lowest BCUT2D eigenvalue weighted by atomic mass is 10.0. The highest BCUT2D eigenvalue weighted by Gasteiger charge is 2.02. The highest BCUT2D eigenvalue weighted by Crippen LogP contribution is 2.12. The lowest BCUT2D eigenvalue weighted by Gasteiger charge is -2.12. The van der Waals surface area contributed by atoms with Crippen LogP contribution in [0.5, 0.6) is 0 Å². The van der Waals surface area contributed by atoms with Crippen molar-refractivity contribution in [2.24, 2.45) is 0 Å². The fourth-order valence-electron chi connectivity index (χ4n) is 1.56. The molecule has 16 heavy (non-hydrogen) atoms. The van der Waals surface area contributed by atoms with Crippen molar-refractivity contribution < 1.29 is 4.74 Å². The Morgan fingerprint density at radius 1 is 1.25 bits per heavy atom. The molecule has 0 bridgehead atoms. The summed E-state index contributed by atoms with van der Waals surface area (Å²) in [7, 11) is 1.74. The predicted octanol–water partition coefficient (Wildman–Crippen LogP) is 2.84. The lowest BCUT2D eigenvalue weighted by molar-refractivity contribution is 0.194. The lowest BCUT2D eigenvalue weighted by Crippen LogP contribution is -2.22. The van der Waals surface area contributed by atoms with Crippen LogP contribution < -0.4 is 5.32 Å². The van der Waals surface area contributed by atoms with Crippen LogP contribution in [-0.2, 0) is 4.74 Å². The molecule has 1 unspecified atom stereocenters. The van der Waals surface area contributed by atoms with Crippen LogP contribution in [0.15, 0.2) is 30.3 Å². The van der Waals surface area contributed by atoms with Crippen molar-refractivity contribution in [1.82, 2.24) is 5.32 Å². The molecule has 0 spiro atoms. The molecule has 3 heteroatoms. The minimum Gasteiger partial charge on any atom is -0.385 e. The van der Waals surface area contributed by atoms with Crippen molar-refractivity contribution in [3.8, 4) is 0 Å². The molecule has 0 aliphatic rings. The first-order valence-corrected chi connectivity index (χ1v) is 5.59. The van der Waals surface area contributed by atoms with Gasteiger partial charge in [0.2, 0.25) is 0 Å². The second-order valence-corrected chi connectivity index (χ2v) is 3.86. The van der Waals surface area contributed by atoms with Gasteiger partial charge in [0.05, 0.1) is 0 Å². The van der Waals surface area contributed by atoms with E-state index in [1.807, 2.05) is 0 Å². The average Bonchev–Trinajstić information content (AvgIpc) is 2.30. The number of hydrogen-bond donors (Lipinski definition) is 1. The van der Waals surface area contributed by atoms with Crippen LogP contribution in [-0.4, -0.2) is 26.8 Å². The molecule has 1 aromatic rings. The molecule has 2 nitrogen and oxygen atoms in total. The van der Waals surface area contributed by atoms with Crippen LogP contribution in [0.3, 0.4) is 0 Å². The van der Waals surface area contributed by atoms with E-state index in [0.29, 0.717) is 5.92 Å². The van der Waals surface area contributed by atoms with Crippen LogP contribution >= 0.6 is 12.4 Å². The second kappa shape index (κ2) is 9.64. The van der Waals surface area contributed by atoms with Gasteiger partial charge in [0.15, 0.2) is 0 Å². The topological polar surface area (TPSA) is 21.3 Å². The van der Waals surface area contributed by atoms with Crippen LogP contribution in [0, 0.1) is 0 Å². The number of ether oxygens (including phenoxy) is 1. The number of halogens is 1. The summed E-state index contributed by atoms with van der Waals surface area (Å²) in [6, 6.07) is 10.6. The smallest absolute Gasteiger partial charge is 0.0474 e. The third-order valence-electron chi connectivity index (χ3n) is 2.52. The van der Waals surface area contributed by atoms with Crippen LogP contribution in [0.4, 0.5) is 0 Å². The van der Waals surface area contributed by atoms with Gasteiger partial charge in [-0.25, -0.2) is 0 Å². The van der Waals surface area contributed by atoms with Gasteiger partial charge in [0, 0.05) is 20.3 Å². The summed E-state index contributed by atoms with van der Waals surface area (Å²) in [4.78, 5) is 0. The van der Waals surface area contributed by atoms with Crippen molar-refractivity contribution >= 4 is 12.4 Å². The molecule has 0 saturated heterocycles. The third-order valence-corrected chi connectivity index (χ3v) is 2.52. The Balaban J connectivity index is 0.00000225. The highest BCUT2D eigenvalue weighted by molar-refractivity contribution is 5.85. The molecule has 1 rings (SSSR count). The Morgan fingerprint density at radius 2 is 1.94 bits per heavy atom. The molecule has 0 radical (unpaired) electrons. The van der Waals surface area contributed by atoms with Crippen molar-refractivity contribution in [3.63, 3.8) is 0 Å². The van der Waals surface area contributed by atoms with E-state index in [2.05, 4.69) is 42.6 Å². The molecule has 1 atom stereocenters. The molecular formula is C13H22ClNO. The van der Waals surface area contributed by atoms with Gasteiger partial charge in [-0.3, -0.25) is 0 Å². The first-order chi connectivity index (χ1) is 7.34. The van der Waals surface area contributed by atoms with Crippen molar-refractivity contribution in [3.05, 3.63) is 35.9 Å². The van der Waals surface area contributed by atoms with Gasteiger partial charge in [0.1, 0.15) is 0 Å². The van der Waals surface area contributed by atoms with E-state index in [-0.39, 0.29) is 12.4 Å². The van der Waals surface area contributed by atoms with Crippen molar-refractivity contribution in [1.29, 1.82) is 0 Å². The van der Waals surface area contributed by atoms with E-state index >= 15 is 0 Å². The Hall–Kier alpha value is -0.570. The maximum atomic E-state index is 4.99. The molecule has 1 N–H and O–H groups in total. The molecule has 0 fully saturated rings. The Labute approximate surface area is 105 Å². The van der Waals surface area contributed by atoms with E-state index in [9.17, 15) is 0 Å². The minimum atomic E-state index is 0. The van der Waals surface area contributed by atoms with Crippen LogP contribution in [0.2, 0.25) is 0 Å². The minimum absolute atomic E-state index is 0. The standard InChI is InChI=1S/C13H21NO.ClH/c1-12(11-14-9-6-10-15-2)13-7-4-3-5-8-13;/h3-5,7-8,12,14H,6,9-11H2,1-2H3;1H. The maximum absolute atomic E-state index is 4.99. The molecule has 92 valence electrons. The zero-order valence-electron chi connectivity index (χ0n) is 10.1. The summed E-state index contributed by atoms with van der Waals surface area (Å²) >= 11 is 0. The fraction of sp³-hybridized carbons (Fsp3) is 0.538. The number of benzene rings is 1. The van der Waals surface area contributed by atoms with Crippen LogP contribution in [0.1, 0.15) is 24.8 Å². The zero-order valence-corrected chi connectivity index (χ0v) is 10.9. The van der Waals surface area contributed by atoms with Crippen molar-refractivity contribution in [2.75, 3.05) is 26.8 Å². The van der Waals surface area contributed by atoms with E-state index in [1.165, 1.54) is 5.56 Å². The normalized spacial score (nSPS) is 11.9. The monoisotopic (exact) mass is 243 g/mol. The molecular weight excluding hydrogens is 222 g/mol. The summed E-state index contributed by atoms with van der Waals surface area (Å²) < 4.78 is 4.99. The highest BCUT2D eigenvalue weighted by atomic mass is 35.5. The van der Waals surface area contributed by atoms with Gasteiger partial charge in [-0.1, -0.05) is 37.3 Å². The summed E-state index contributed by atoms with van der Waals surface area (Å²) in [6.07, 6.45) is 1.08. The molecule has 0 aromatic heterocycles. The molecule has 0 aliphatic heterocycles. The third kappa shape index (κ3) is 6.11. The van der Waals surface area contributed by atoms with E-state index in [1.54, 1.807) is 7.11 Å². The quantitative estimate of drug-likeness (QED) is 0.744. The first kappa shape index (κ1) is 15.4. The summed E-state index contributed by atoms with van der Waals surface area (Å²) in [5, 5.41) is 3.44. The summed E-state index contributed by atoms with van der Waals surface area (Å²) in [5.74, 6) is 0.578. The van der Waals surface area contributed by atoms with Gasteiger partial charge < -0.3 is 10.1 Å². The fourth-order valence-corrected chi connectivity index (χ4v) is 1.56. The SMILES string of the molecule is COCCCNCC(C)c1ccccc1.Cl. The van der Waals surface area contributed by atoms with E-state index in [4.69, 9.17) is 4.74 Å². The van der Waals surface area contributed by atoms with Gasteiger partial charge in [0.25, 0.3) is 0 Å². The largest absolute Gasteiger partial charge is 0.385 e. The van der Waals surface area contributed by atoms with Gasteiger partial charge in [-0.05, 0) is 24.4 Å². The Kier molecular flexibility index (Phi) is 9.30. The summed E-state index contributed by atoms with van der Waals surface area (Å²) in [6.45, 7) is 5.16. The van der Waals surface area contributed by atoms with Crippen LogP contribution in [0.25, 0.3) is 0 Å². The maximum Gasteiger partial charge on any atom is 0.0474 e. The second-order valence-electron chi connectivity index (χ2n) is 3.86. The van der Waals surface area contributed by atoms with E-state index in [0.717, 1.165) is 26.1 Å². The van der Waals surface area contributed by atoms with Gasteiger partial charge >= 0.3 is 0 Å². The predicted molar refractivity (Wildman–Crippen MR) is 71.5 cm³/mol. The van der Waals surface area contributed by atoms with Crippen molar-refractivity contribution in [2.45, 2.75) is 19.3 Å². The molecule has 0 aliphatic carbocycles. The Morgan fingerprint density at radius 3 is 2.56 bits per heavy atom. The zero-order chi connectivity index (χ0) is 10.9. The van der Waals surface area contributed by atoms with Gasteiger partial charge in [-0.2, -0.15) is 0 Å². The number of methoxy groups -OCH3 is 1. The van der Waals surface area contributed by atoms with E-state index < -0.39 is 0 Å². The first-order valence-electron chi connectivity index (χ1n) is 5.59. The average molecular weight is 244 g/mol. The molecule has 0 heterocycles.